The van der Waals surface area contributed by atoms with Gasteiger partial charge in [0.05, 0.1) is 12.3 Å². The van der Waals surface area contributed by atoms with Gasteiger partial charge in [0.25, 0.3) is 0 Å². The maximum absolute atomic E-state index is 14.3. The Bertz CT molecular complexity index is 503. The van der Waals surface area contributed by atoms with Crippen LogP contribution in [0, 0.1) is 11.7 Å². The van der Waals surface area contributed by atoms with Crippen LogP contribution in [0.2, 0.25) is 0 Å². The third-order valence-electron chi connectivity index (χ3n) is 4.64. The molecule has 0 unspecified atom stereocenters. The largest absolute Gasteiger partial charge is 0.392 e. The quantitative estimate of drug-likeness (QED) is 0.834. The number of aliphatic hydroxyl groups is 1. The molecule has 1 N–H and O–H groups in total. The number of hydrogen-bond donors (Lipinski definition) is 1. The Kier molecular flexibility index (Phi) is 6.16. The van der Waals surface area contributed by atoms with E-state index in [2.05, 4.69) is 9.21 Å². The van der Waals surface area contributed by atoms with Gasteiger partial charge in [0, 0.05) is 50.7 Å². The molecule has 0 radical (unpaired) electrons. The molecular formula is C17H25FN2O2S. The molecule has 3 rings (SSSR count). The number of hydrogen-bond acceptors (Lipinski definition) is 5. The number of nitrogens with zero attached hydrogens (tertiary/aromatic N) is 2. The Balaban J connectivity index is 1.48. The highest BCUT2D eigenvalue weighted by Gasteiger charge is 2.22. The summed E-state index contributed by atoms with van der Waals surface area (Å²) < 4.78 is 22.1. The highest BCUT2D eigenvalue weighted by Crippen LogP contribution is 2.27. The molecule has 2 saturated heterocycles. The lowest BCUT2D eigenvalue weighted by Gasteiger charge is -2.36. The van der Waals surface area contributed by atoms with Crippen LogP contribution in [0.4, 0.5) is 10.1 Å². The average Bonchev–Trinajstić information content (AvgIpc) is 2.62. The van der Waals surface area contributed by atoms with Crippen molar-refractivity contribution in [2.45, 2.75) is 19.4 Å². The lowest BCUT2D eigenvalue weighted by atomic mass is 10.0. The lowest BCUT2D eigenvalue weighted by molar-refractivity contribution is 0.0726. The molecule has 2 aliphatic heterocycles. The number of ether oxygens (including phenoxy) is 1. The topological polar surface area (TPSA) is 35.9 Å². The monoisotopic (exact) mass is 340 g/mol. The third kappa shape index (κ3) is 4.38. The minimum absolute atomic E-state index is 0.249. The van der Waals surface area contributed by atoms with Crippen molar-refractivity contribution < 1.29 is 14.2 Å². The van der Waals surface area contributed by atoms with Gasteiger partial charge in [0.2, 0.25) is 0 Å². The van der Waals surface area contributed by atoms with Gasteiger partial charge < -0.3 is 14.7 Å². The number of piperazine rings is 1. The first kappa shape index (κ1) is 17.0. The fraction of sp³-hybridized carbons (Fsp3) is 0.647. The maximum Gasteiger partial charge on any atom is 0.151 e. The Labute approximate surface area is 141 Å². The van der Waals surface area contributed by atoms with E-state index in [1.54, 1.807) is 12.1 Å². The summed E-state index contributed by atoms with van der Waals surface area (Å²) in [5.41, 5.74) is 0.990. The molecule has 23 heavy (non-hydrogen) atoms. The van der Waals surface area contributed by atoms with Crippen LogP contribution < -0.4 is 4.90 Å². The minimum atomic E-state index is -0.279. The van der Waals surface area contributed by atoms with Crippen molar-refractivity contribution in [3.63, 3.8) is 0 Å². The summed E-state index contributed by atoms with van der Waals surface area (Å²) in [5.74, 6) is 1.65. The van der Waals surface area contributed by atoms with Crippen molar-refractivity contribution in [1.82, 2.24) is 4.31 Å². The normalized spacial score (nSPS) is 20.9. The van der Waals surface area contributed by atoms with Crippen molar-refractivity contribution in [3.8, 4) is 0 Å². The summed E-state index contributed by atoms with van der Waals surface area (Å²) in [6.07, 6.45) is 2.35. The van der Waals surface area contributed by atoms with E-state index in [1.165, 1.54) is 12.8 Å². The van der Waals surface area contributed by atoms with Crippen molar-refractivity contribution in [3.05, 3.63) is 29.6 Å². The van der Waals surface area contributed by atoms with Gasteiger partial charge in [-0.25, -0.2) is 8.70 Å². The van der Waals surface area contributed by atoms with Crippen LogP contribution in [-0.2, 0) is 11.3 Å². The zero-order valence-electron chi connectivity index (χ0n) is 13.4. The molecule has 2 aliphatic rings. The van der Waals surface area contributed by atoms with Crippen LogP contribution in [0.25, 0.3) is 0 Å². The zero-order chi connectivity index (χ0) is 16.1. The Morgan fingerprint density at radius 1 is 1.17 bits per heavy atom. The highest BCUT2D eigenvalue weighted by molar-refractivity contribution is 7.97. The Morgan fingerprint density at radius 2 is 1.91 bits per heavy atom. The molecule has 1 aromatic rings. The smallest absolute Gasteiger partial charge is 0.151 e. The maximum atomic E-state index is 14.3. The molecule has 2 fully saturated rings. The number of halogens is 1. The van der Waals surface area contributed by atoms with Gasteiger partial charge in [0.15, 0.2) is 5.82 Å². The average molecular weight is 340 g/mol. The molecule has 0 amide bonds. The number of rotatable bonds is 5. The summed E-state index contributed by atoms with van der Waals surface area (Å²) >= 11 is 1.93. The summed E-state index contributed by atoms with van der Waals surface area (Å²) in [5, 5.41) is 9.20. The van der Waals surface area contributed by atoms with E-state index in [1.807, 2.05) is 18.0 Å². The molecule has 0 spiro atoms. The first-order chi connectivity index (χ1) is 11.3. The van der Waals surface area contributed by atoms with Crippen molar-refractivity contribution in [1.29, 1.82) is 0 Å². The Morgan fingerprint density at radius 3 is 2.61 bits per heavy atom. The third-order valence-corrected chi connectivity index (χ3v) is 5.99. The molecule has 1 aromatic carbocycles. The fourth-order valence-electron chi connectivity index (χ4n) is 3.11. The first-order valence-corrected chi connectivity index (χ1v) is 9.31. The predicted molar refractivity (Wildman–Crippen MR) is 92.1 cm³/mol. The molecule has 0 aliphatic carbocycles. The Hall–Kier alpha value is -0.820. The fourth-order valence-corrected chi connectivity index (χ4v) is 4.29. The van der Waals surface area contributed by atoms with Crippen LogP contribution in [0.1, 0.15) is 18.4 Å². The molecule has 2 heterocycles. The molecule has 0 aromatic heterocycles. The van der Waals surface area contributed by atoms with E-state index >= 15 is 0 Å². The lowest BCUT2D eigenvalue weighted by Crippen LogP contribution is -2.44. The summed E-state index contributed by atoms with van der Waals surface area (Å²) in [7, 11) is 0. The van der Waals surface area contributed by atoms with Gasteiger partial charge in [-0.1, -0.05) is 24.1 Å². The van der Waals surface area contributed by atoms with Gasteiger partial charge >= 0.3 is 0 Å². The number of aliphatic hydroxyl groups excluding tert-OH is 1. The van der Waals surface area contributed by atoms with Crippen molar-refractivity contribution in [2.75, 3.05) is 50.0 Å². The second-order valence-corrected chi connectivity index (χ2v) is 7.28. The molecule has 0 bridgehead atoms. The van der Waals surface area contributed by atoms with Crippen molar-refractivity contribution in [2.24, 2.45) is 5.92 Å². The molecule has 4 nitrogen and oxygen atoms in total. The standard InChI is InChI=1S/C17H25FN2O2S/c18-17-15(12-21)2-1-3-16(17)19-6-8-20(9-7-19)23-13-14-4-10-22-11-5-14/h1-3,14,21H,4-13H2. The van der Waals surface area contributed by atoms with Crippen LogP contribution in [0.3, 0.4) is 0 Å². The molecule has 0 saturated carbocycles. The van der Waals surface area contributed by atoms with E-state index < -0.39 is 0 Å². The van der Waals surface area contributed by atoms with Crippen LogP contribution >= 0.6 is 11.9 Å². The van der Waals surface area contributed by atoms with Gasteiger partial charge in [0.1, 0.15) is 0 Å². The van der Waals surface area contributed by atoms with E-state index in [0.29, 0.717) is 11.3 Å². The minimum Gasteiger partial charge on any atom is -0.392 e. The molecular weight excluding hydrogens is 315 g/mol. The van der Waals surface area contributed by atoms with Gasteiger partial charge in [-0.2, -0.15) is 0 Å². The highest BCUT2D eigenvalue weighted by atomic mass is 32.2. The molecule has 6 heteroatoms. The van der Waals surface area contributed by atoms with E-state index in [0.717, 1.165) is 51.1 Å². The van der Waals surface area contributed by atoms with Gasteiger partial charge in [-0.05, 0) is 24.8 Å². The second-order valence-electron chi connectivity index (χ2n) is 6.18. The van der Waals surface area contributed by atoms with Crippen molar-refractivity contribution >= 4 is 17.6 Å². The molecule has 128 valence electrons. The SMILES string of the molecule is OCc1cccc(N2CCN(SCC3CCOCC3)CC2)c1F. The number of anilines is 1. The van der Waals surface area contributed by atoms with E-state index in [9.17, 15) is 9.50 Å². The molecule has 0 atom stereocenters. The van der Waals surface area contributed by atoms with Gasteiger partial charge in [-0.15, -0.1) is 0 Å². The second kappa shape index (κ2) is 8.33. The van der Waals surface area contributed by atoms with Crippen LogP contribution in [0.5, 0.6) is 0 Å². The van der Waals surface area contributed by atoms with Crippen LogP contribution in [-0.4, -0.2) is 54.6 Å². The summed E-state index contributed by atoms with van der Waals surface area (Å²) in [6.45, 7) is 5.09. The summed E-state index contributed by atoms with van der Waals surface area (Å²) in [6, 6.07) is 5.26. The first-order valence-electron chi connectivity index (χ1n) is 8.36. The van der Waals surface area contributed by atoms with E-state index in [-0.39, 0.29) is 12.4 Å². The predicted octanol–water partition coefficient (Wildman–Crippen LogP) is 2.51. The zero-order valence-corrected chi connectivity index (χ0v) is 14.2. The number of benzene rings is 1. The van der Waals surface area contributed by atoms with Gasteiger partial charge in [-0.3, -0.25) is 0 Å². The van der Waals surface area contributed by atoms with Crippen LogP contribution in [0.15, 0.2) is 18.2 Å². The summed E-state index contributed by atoms with van der Waals surface area (Å²) in [4.78, 5) is 2.08. The van der Waals surface area contributed by atoms with E-state index in [4.69, 9.17) is 4.74 Å².